The molecule has 4 heteroatoms. The van der Waals surface area contributed by atoms with Gasteiger partial charge >= 0.3 is 0 Å². The van der Waals surface area contributed by atoms with E-state index in [4.69, 9.17) is 4.74 Å². The number of methoxy groups -OCH3 is 1. The molecule has 5 aliphatic rings. The third-order valence-electron chi connectivity index (χ3n) is 9.18. The first-order valence-electron chi connectivity index (χ1n) is 11.0. The van der Waals surface area contributed by atoms with Gasteiger partial charge in [0.05, 0.1) is 22.7 Å². The minimum Gasteiger partial charge on any atom is -0.384 e. The highest BCUT2D eigenvalue weighted by molar-refractivity contribution is 8.21. The maximum absolute atomic E-state index is 9.72. The fraction of sp³-hybridized carbons (Fsp3) is 0.870. The first kappa shape index (κ1) is 18.9. The second kappa shape index (κ2) is 6.71. The quantitative estimate of drug-likeness (QED) is 0.538. The van der Waals surface area contributed by atoms with Gasteiger partial charge in [-0.1, -0.05) is 18.6 Å². The van der Waals surface area contributed by atoms with Crippen molar-refractivity contribution in [1.82, 2.24) is 0 Å². The van der Waals surface area contributed by atoms with E-state index < -0.39 is 0 Å². The van der Waals surface area contributed by atoms with Crippen LogP contribution in [-0.4, -0.2) is 29.3 Å². The summed E-state index contributed by atoms with van der Waals surface area (Å²) in [6.45, 7) is 3.36. The second-order valence-corrected chi connectivity index (χ2v) is 13.1. The zero-order chi connectivity index (χ0) is 18.7. The van der Waals surface area contributed by atoms with Crippen LogP contribution in [0.3, 0.4) is 0 Å². The van der Waals surface area contributed by atoms with Crippen LogP contribution in [0.4, 0.5) is 0 Å². The molecule has 0 amide bonds. The molecule has 0 unspecified atom stereocenters. The maximum Gasteiger partial charge on any atom is 0.0795 e. The summed E-state index contributed by atoms with van der Waals surface area (Å²) in [5, 5.41) is 9.72. The number of rotatable bonds is 2. The van der Waals surface area contributed by atoms with Crippen molar-refractivity contribution in [2.24, 2.45) is 34.5 Å². The second-order valence-electron chi connectivity index (χ2n) is 9.99. The van der Waals surface area contributed by atoms with Crippen molar-refractivity contribution in [3.8, 4) is 6.07 Å². The molecule has 3 saturated carbocycles. The monoisotopic (exact) mass is 403 g/mol. The highest BCUT2D eigenvalue weighted by Gasteiger charge is 2.61. The molecule has 2 nitrogen and oxygen atoms in total. The number of fused-ring (bicyclic) bond motifs is 5. The van der Waals surface area contributed by atoms with Crippen LogP contribution in [0.25, 0.3) is 0 Å². The third kappa shape index (κ3) is 2.63. The Balaban J connectivity index is 1.50. The molecule has 0 aromatic rings. The van der Waals surface area contributed by atoms with Gasteiger partial charge in [0, 0.05) is 24.0 Å². The average Bonchev–Trinajstić information content (AvgIpc) is 3.26. The molecule has 6 atom stereocenters. The summed E-state index contributed by atoms with van der Waals surface area (Å²) in [4.78, 5) is 0. The number of nitrogens with zero attached hydrogens (tertiary/aromatic N) is 1. The predicted octanol–water partition coefficient (Wildman–Crippen LogP) is 5.89. The molecule has 1 spiro atoms. The summed E-state index contributed by atoms with van der Waals surface area (Å²) in [6.07, 6.45) is 13.0. The number of ether oxygens (including phenoxy) is 1. The lowest BCUT2D eigenvalue weighted by Crippen LogP contribution is -2.53. The highest BCUT2D eigenvalue weighted by atomic mass is 32.2. The van der Waals surface area contributed by atoms with Crippen molar-refractivity contribution >= 4 is 23.5 Å². The number of nitriles is 1. The molecule has 1 saturated heterocycles. The topological polar surface area (TPSA) is 33.0 Å². The zero-order valence-corrected chi connectivity index (χ0v) is 18.5. The SMILES string of the molecule is COC[C@]12CCC3(C=C1CC[C@@H]1[C@@H]2CC[C@]2(C)[C@@H](C#N)CC[C@@H]12)SCCS3. The van der Waals surface area contributed by atoms with Gasteiger partial charge in [-0.3, -0.25) is 0 Å². The summed E-state index contributed by atoms with van der Waals surface area (Å²) >= 11 is 4.39. The first-order chi connectivity index (χ1) is 13.1. The summed E-state index contributed by atoms with van der Waals surface area (Å²) in [5.74, 6) is 5.28. The summed E-state index contributed by atoms with van der Waals surface area (Å²) in [5.41, 5.74) is 2.31. The van der Waals surface area contributed by atoms with Crippen LogP contribution in [0.2, 0.25) is 0 Å². The van der Waals surface area contributed by atoms with Crippen LogP contribution in [-0.2, 0) is 4.74 Å². The van der Waals surface area contributed by atoms with E-state index >= 15 is 0 Å². The van der Waals surface area contributed by atoms with Gasteiger partial charge < -0.3 is 4.74 Å². The van der Waals surface area contributed by atoms with E-state index in [0.717, 1.165) is 30.8 Å². The lowest BCUT2D eigenvalue weighted by Gasteiger charge is -2.59. The van der Waals surface area contributed by atoms with Crippen molar-refractivity contribution in [3.05, 3.63) is 11.6 Å². The Kier molecular flexibility index (Phi) is 4.69. The first-order valence-corrected chi connectivity index (χ1v) is 12.9. The average molecular weight is 404 g/mol. The van der Waals surface area contributed by atoms with Crippen molar-refractivity contribution in [2.45, 2.75) is 62.4 Å². The van der Waals surface area contributed by atoms with Crippen LogP contribution >= 0.6 is 23.5 Å². The largest absolute Gasteiger partial charge is 0.384 e. The van der Waals surface area contributed by atoms with Gasteiger partial charge in [-0.05, 0) is 74.5 Å². The Morgan fingerprint density at radius 2 is 1.93 bits per heavy atom. The van der Waals surface area contributed by atoms with Crippen molar-refractivity contribution in [1.29, 1.82) is 5.26 Å². The smallest absolute Gasteiger partial charge is 0.0795 e. The van der Waals surface area contributed by atoms with Gasteiger partial charge in [0.2, 0.25) is 0 Å². The minimum atomic E-state index is 0.276. The molecule has 0 aromatic carbocycles. The Hall–Kier alpha value is -0.110. The van der Waals surface area contributed by atoms with E-state index in [0.29, 0.717) is 15.4 Å². The molecule has 1 aliphatic heterocycles. The molecule has 1 heterocycles. The number of hydrogen-bond donors (Lipinski definition) is 0. The summed E-state index contributed by atoms with van der Waals surface area (Å²) in [7, 11) is 1.91. The van der Waals surface area contributed by atoms with Gasteiger partial charge in [-0.15, -0.1) is 23.5 Å². The lowest BCUT2D eigenvalue weighted by molar-refractivity contribution is -0.0763. The van der Waals surface area contributed by atoms with Crippen molar-refractivity contribution in [3.63, 3.8) is 0 Å². The van der Waals surface area contributed by atoms with Crippen LogP contribution in [0.5, 0.6) is 0 Å². The van der Waals surface area contributed by atoms with Crippen LogP contribution in [0.15, 0.2) is 11.6 Å². The van der Waals surface area contributed by atoms with Gasteiger partial charge in [0.1, 0.15) is 0 Å². The third-order valence-corrected chi connectivity index (χ3v) is 12.6. The van der Waals surface area contributed by atoms with Gasteiger partial charge in [-0.2, -0.15) is 5.26 Å². The van der Waals surface area contributed by atoms with E-state index in [1.807, 2.05) is 7.11 Å². The highest BCUT2D eigenvalue weighted by Crippen LogP contribution is 2.68. The lowest BCUT2D eigenvalue weighted by atomic mass is 9.46. The standard InChI is InChI=1S/C23H33NOS2/c1-21-8-7-20-18(19(21)6-4-17(21)14-24)5-3-16-13-23(26-11-12-27-23)10-9-22(16,20)15-25-2/h13,17-20H,3-12,15H2,1-2H3/t17-,18+,19+,20+,21-,22-/m1/s1. The Morgan fingerprint density at radius 3 is 2.67 bits per heavy atom. The molecule has 0 aromatic heterocycles. The Bertz CT molecular complexity index is 678. The van der Waals surface area contributed by atoms with Crippen molar-refractivity contribution < 1.29 is 4.74 Å². The molecule has 27 heavy (non-hydrogen) atoms. The predicted molar refractivity (Wildman–Crippen MR) is 115 cm³/mol. The van der Waals surface area contributed by atoms with E-state index in [-0.39, 0.29) is 5.41 Å². The van der Waals surface area contributed by atoms with Crippen LogP contribution < -0.4 is 0 Å². The fourth-order valence-electron chi connectivity index (χ4n) is 7.92. The van der Waals surface area contributed by atoms with E-state index in [2.05, 4.69) is 42.6 Å². The van der Waals surface area contributed by atoms with Gasteiger partial charge in [-0.25, -0.2) is 0 Å². The van der Waals surface area contributed by atoms with Gasteiger partial charge in [0.15, 0.2) is 0 Å². The molecule has 0 bridgehead atoms. The molecular formula is C23H33NOS2. The van der Waals surface area contributed by atoms with Crippen LogP contribution in [0.1, 0.15) is 58.3 Å². The molecule has 0 N–H and O–H groups in total. The molecule has 4 fully saturated rings. The molecule has 5 rings (SSSR count). The summed E-state index contributed by atoms with van der Waals surface area (Å²) in [6, 6.07) is 2.68. The maximum atomic E-state index is 9.72. The molecule has 4 aliphatic carbocycles. The molecule has 0 radical (unpaired) electrons. The number of hydrogen-bond acceptors (Lipinski definition) is 4. The minimum absolute atomic E-state index is 0.276. The zero-order valence-electron chi connectivity index (χ0n) is 16.8. The van der Waals surface area contributed by atoms with Gasteiger partial charge in [0.25, 0.3) is 0 Å². The van der Waals surface area contributed by atoms with Crippen molar-refractivity contribution in [2.75, 3.05) is 25.2 Å². The fourth-order valence-corrected chi connectivity index (χ4v) is 11.1. The molecular weight excluding hydrogens is 370 g/mol. The van der Waals surface area contributed by atoms with E-state index in [1.54, 1.807) is 5.57 Å². The van der Waals surface area contributed by atoms with E-state index in [1.165, 1.54) is 56.5 Å². The normalized spacial score (nSPS) is 47.7. The Morgan fingerprint density at radius 1 is 1.11 bits per heavy atom. The molecule has 148 valence electrons. The van der Waals surface area contributed by atoms with Crippen LogP contribution in [0, 0.1) is 45.8 Å². The number of thioether (sulfide) groups is 2. The Labute approximate surface area is 173 Å². The van der Waals surface area contributed by atoms with E-state index in [9.17, 15) is 5.26 Å². The summed E-state index contributed by atoms with van der Waals surface area (Å²) < 4.78 is 6.29.